The Morgan fingerprint density at radius 1 is 1.41 bits per heavy atom. The van der Waals surface area contributed by atoms with Crippen LogP contribution in [0, 0.1) is 5.92 Å². The van der Waals surface area contributed by atoms with Crippen molar-refractivity contribution >= 4 is 5.91 Å². The molecule has 4 heterocycles. The summed E-state index contributed by atoms with van der Waals surface area (Å²) in [5, 5.41) is 3.60. The zero-order valence-electron chi connectivity index (χ0n) is 12.9. The maximum atomic E-state index is 11.0. The molecule has 0 aromatic carbocycles. The fraction of sp³-hybridized carbons (Fsp3) is 0.786. The average Bonchev–Trinajstić information content (AvgIpc) is 2.79. The van der Waals surface area contributed by atoms with Crippen molar-refractivity contribution in [3.05, 3.63) is 11.7 Å². The molecule has 3 saturated heterocycles. The summed E-state index contributed by atoms with van der Waals surface area (Å²) in [6, 6.07) is 0.549. The van der Waals surface area contributed by atoms with Crippen LogP contribution in [0.1, 0.15) is 29.4 Å². The van der Waals surface area contributed by atoms with Gasteiger partial charge in [0.1, 0.15) is 0 Å². The number of piperidine rings is 1. The second-order valence-corrected chi connectivity index (χ2v) is 6.15. The number of hydrogen-bond donors (Lipinski definition) is 1. The van der Waals surface area contributed by atoms with E-state index in [2.05, 4.69) is 19.9 Å². The number of methoxy groups -OCH3 is 1. The summed E-state index contributed by atoms with van der Waals surface area (Å²) < 4.78 is 10.3. The van der Waals surface area contributed by atoms with Gasteiger partial charge in [-0.15, -0.1) is 0 Å². The van der Waals surface area contributed by atoms with Gasteiger partial charge in [0, 0.05) is 39.3 Å². The van der Waals surface area contributed by atoms with Gasteiger partial charge in [0.15, 0.2) is 0 Å². The first-order valence-electron chi connectivity index (χ1n) is 7.73. The Hall–Kier alpha value is -1.51. The molecule has 0 spiro atoms. The molecule has 3 aliphatic heterocycles. The lowest BCUT2D eigenvalue weighted by molar-refractivity contribution is 0.0864. The Bertz CT molecular complexity index is 520. The molecule has 8 heteroatoms. The molecular weight excluding hydrogens is 286 g/mol. The van der Waals surface area contributed by atoms with Gasteiger partial charge in [0.25, 0.3) is 11.7 Å². The normalized spacial score (nSPS) is 26.2. The van der Waals surface area contributed by atoms with Crippen LogP contribution < -0.4 is 5.73 Å². The molecule has 0 saturated carbocycles. The minimum Gasteiger partial charge on any atom is -0.383 e. The van der Waals surface area contributed by atoms with Crippen LogP contribution in [0.2, 0.25) is 0 Å². The molecule has 1 aromatic heterocycles. The average molecular weight is 309 g/mol. The molecule has 122 valence electrons. The number of hydrogen-bond acceptors (Lipinski definition) is 7. The fourth-order valence-electron chi connectivity index (χ4n) is 3.50. The highest BCUT2D eigenvalue weighted by Crippen LogP contribution is 2.28. The largest absolute Gasteiger partial charge is 0.383 e. The second kappa shape index (κ2) is 6.72. The third kappa shape index (κ3) is 3.45. The van der Waals surface area contributed by atoms with Gasteiger partial charge in [0.05, 0.1) is 13.2 Å². The van der Waals surface area contributed by atoms with E-state index < -0.39 is 5.91 Å². The first kappa shape index (κ1) is 15.4. The standard InChI is InChI=1S/C14H23N5O3/c1-21-5-4-19-7-10-2-3-11(19)8-18(6-10)9-12-16-14(13(15)20)17-22-12/h10-11H,2-9H2,1H3,(H2,15,20)/t10-,11+/m1/s1. The molecule has 8 nitrogen and oxygen atoms in total. The zero-order chi connectivity index (χ0) is 15.5. The van der Waals surface area contributed by atoms with E-state index in [9.17, 15) is 4.79 Å². The number of carbonyl (C=O) groups excluding carboxylic acids is 1. The third-order valence-corrected chi connectivity index (χ3v) is 4.53. The Labute approximate surface area is 129 Å². The van der Waals surface area contributed by atoms with Crippen molar-refractivity contribution in [3.8, 4) is 0 Å². The van der Waals surface area contributed by atoms with Crippen LogP contribution in [-0.4, -0.2) is 71.8 Å². The SMILES string of the molecule is COCCN1C[C@@H]2CC[C@H]1CN(Cc1nc(C(N)=O)no1)C2. The summed E-state index contributed by atoms with van der Waals surface area (Å²) >= 11 is 0. The number of nitrogens with two attached hydrogens (primary N) is 1. The number of fused-ring (bicyclic) bond motifs is 4. The molecule has 0 radical (unpaired) electrons. The van der Waals surface area contributed by atoms with Crippen LogP contribution in [0.3, 0.4) is 0 Å². The molecule has 22 heavy (non-hydrogen) atoms. The van der Waals surface area contributed by atoms with Crippen molar-refractivity contribution < 1.29 is 14.1 Å². The van der Waals surface area contributed by atoms with Gasteiger partial charge >= 0.3 is 0 Å². The predicted octanol–water partition coefficient (Wildman–Crippen LogP) is -0.289. The monoisotopic (exact) mass is 309 g/mol. The van der Waals surface area contributed by atoms with E-state index in [1.807, 2.05) is 0 Å². The first-order chi connectivity index (χ1) is 10.7. The number of nitrogens with zero attached hydrogens (tertiary/aromatic N) is 4. The minimum atomic E-state index is -0.656. The number of aromatic nitrogens is 2. The van der Waals surface area contributed by atoms with Crippen LogP contribution in [0.5, 0.6) is 0 Å². The second-order valence-electron chi connectivity index (χ2n) is 6.15. The summed E-state index contributed by atoms with van der Waals surface area (Å²) in [7, 11) is 1.74. The van der Waals surface area contributed by atoms with E-state index in [0.717, 1.165) is 32.8 Å². The van der Waals surface area contributed by atoms with Gasteiger partial charge in [-0.05, 0) is 18.8 Å². The molecule has 2 N–H and O–H groups in total. The Balaban J connectivity index is 1.62. The van der Waals surface area contributed by atoms with E-state index in [-0.39, 0.29) is 5.82 Å². The highest BCUT2D eigenvalue weighted by atomic mass is 16.5. The van der Waals surface area contributed by atoms with Gasteiger partial charge in [-0.2, -0.15) is 4.98 Å². The lowest BCUT2D eigenvalue weighted by Crippen LogP contribution is -2.45. The van der Waals surface area contributed by atoms with Crippen LogP contribution in [0.15, 0.2) is 4.52 Å². The van der Waals surface area contributed by atoms with Gasteiger partial charge in [0.2, 0.25) is 5.89 Å². The van der Waals surface area contributed by atoms with E-state index in [1.54, 1.807) is 7.11 Å². The maximum absolute atomic E-state index is 11.0. The number of amides is 1. The maximum Gasteiger partial charge on any atom is 0.290 e. The van der Waals surface area contributed by atoms with Crippen molar-refractivity contribution in [2.24, 2.45) is 11.7 Å². The van der Waals surface area contributed by atoms with E-state index in [0.29, 0.717) is 24.4 Å². The van der Waals surface area contributed by atoms with Crippen molar-refractivity contribution in [1.82, 2.24) is 19.9 Å². The summed E-state index contributed by atoms with van der Waals surface area (Å²) in [5.74, 6) is 0.416. The Morgan fingerprint density at radius 2 is 2.27 bits per heavy atom. The molecule has 1 aromatic rings. The molecular formula is C14H23N5O3. The van der Waals surface area contributed by atoms with Gasteiger partial charge in [-0.25, -0.2) is 0 Å². The highest BCUT2D eigenvalue weighted by Gasteiger charge is 2.34. The predicted molar refractivity (Wildman–Crippen MR) is 78.1 cm³/mol. The van der Waals surface area contributed by atoms with E-state index >= 15 is 0 Å². The molecule has 0 aliphatic carbocycles. The fourth-order valence-corrected chi connectivity index (χ4v) is 3.50. The molecule has 3 fully saturated rings. The van der Waals surface area contributed by atoms with Crippen molar-refractivity contribution in [2.75, 3.05) is 39.9 Å². The Kier molecular flexibility index (Phi) is 4.70. The summed E-state index contributed by atoms with van der Waals surface area (Å²) in [5.41, 5.74) is 5.15. The van der Waals surface area contributed by atoms with Crippen LogP contribution in [0.4, 0.5) is 0 Å². The van der Waals surface area contributed by atoms with E-state index in [1.165, 1.54) is 12.8 Å². The van der Waals surface area contributed by atoms with Crippen LogP contribution >= 0.6 is 0 Å². The summed E-state index contributed by atoms with van der Waals surface area (Å²) in [6.45, 7) is 5.46. The number of rotatable bonds is 6. The van der Waals surface area contributed by atoms with Crippen molar-refractivity contribution in [1.29, 1.82) is 0 Å². The quantitative estimate of drug-likeness (QED) is 0.771. The molecule has 2 bridgehead atoms. The zero-order valence-corrected chi connectivity index (χ0v) is 12.9. The van der Waals surface area contributed by atoms with E-state index in [4.69, 9.17) is 15.0 Å². The Morgan fingerprint density at radius 3 is 3.00 bits per heavy atom. The smallest absolute Gasteiger partial charge is 0.290 e. The molecule has 1 amide bonds. The molecule has 3 aliphatic rings. The van der Waals surface area contributed by atoms with Crippen LogP contribution in [-0.2, 0) is 11.3 Å². The highest BCUT2D eigenvalue weighted by molar-refractivity contribution is 5.88. The first-order valence-corrected chi connectivity index (χ1v) is 7.73. The number of carbonyl (C=O) groups is 1. The lowest BCUT2D eigenvalue weighted by Gasteiger charge is -2.35. The van der Waals surface area contributed by atoms with Gasteiger partial charge in [-0.1, -0.05) is 5.16 Å². The van der Waals surface area contributed by atoms with Crippen molar-refractivity contribution in [2.45, 2.75) is 25.4 Å². The molecule has 2 atom stereocenters. The minimum absolute atomic E-state index is 0.0467. The lowest BCUT2D eigenvalue weighted by atomic mass is 9.95. The van der Waals surface area contributed by atoms with Gasteiger partial charge in [-0.3, -0.25) is 14.6 Å². The topological polar surface area (TPSA) is 97.7 Å². The van der Waals surface area contributed by atoms with Crippen molar-refractivity contribution in [3.63, 3.8) is 0 Å². The van der Waals surface area contributed by atoms with Gasteiger partial charge < -0.3 is 15.0 Å². The summed E-state index contributed by atoms with van der Waals surface area (Å²) in [4.78, 5) is 19.9. The summed E-state index contributed by atoms with van der Waals surface area (Å²) in [6.07, 6.45) is 2.49. The number of primary amides is 1. The third-order valence-electron chi connectivity index (χ3n) is 4.53. The number of ether oxygens (including phenoxy) is 1. The van der Waals surface area contributed by atoms with Crippen LogP contribution in [0.25, 0.3) is 0 Å². The molecule has 0 unspecified atom stereocenters. The molecule has 4 rings (SSSR count).